The second-order valence-corrected chi connectivity index (χ2v) is 16.4. The molecule has 3 aliphatic rings. The van der Waals surface area contributed by atoms with Crippen molar-refractivity contribution in [3.8, 4) is 11.1 Å². The molecule has 2 heteroatoms. The summed E-state index contributed by atoms with van der Waals surface area (Å²) in [5.74, 6) is 0. The van der Waals surface area contributed by atoms with E-state index in [9.17, 15) is 0 Å². The molecule has 2 aromatic rings. The number of hydrogen-bond donors (Lipinski definition) is 0. The summed E-state index contributed by atoms with van der Waals surface area (Å²) >= 11 is 0. The van der Waals surface area contributed by atoms with Crippen molar-refractivity contribution in [1.29, 1.82) is 0 Å². The van der Waals surface area contributed by atoms with Crippen LogP contribution in [0.2, 0.25) is 0 Å². The third kappa shape index (κ3) is 6.74. The van der Waals surface area contributed by atoms with Crippen LogP contribution in [0, 0.1) is 0 Å². The molecule has 0 unspecified atom stereocenters. The van der Waals surface area contributed by atoms with E-state index >= 15 is 0 Å². The average Bonchev–Trinajstić information content (AvgIpc) is 3.26. The molecule has 0 saturated heterocycles. The fraction of sp³-hybridized carbons (Fsp3) is 0.644. The molecular formula is C45H68N2. The Morgan fingerprint density at radius 3 is 1.19 bits per heavy atom. The van der Waals surface area contributed by atoms with Crippen LogP contribution in [0.15, 0.2) is 36.4 Å². The highest BCUT2D eigenvalue weighted by atomic mass is 15.2. The Labute approximate surface area is 290 Å². The summed E-state index contributed by atoms with van der Waals surface area (Å²) in [6.07, 6.45) is 23.8. The lowest BCUT2D eigenvalue weighted by Gasteiger charge is -2.44. The Morgan fingerprint density at radius 1 is 0.468 bits per heavy atom. The normalized spacial score (nSPS) is 18.3. The van der Waals surface area contributed by atoms with Gasteiger partial charge in [-0.1, -0.05) is 103 Å². The lowest BCUT2D eigenvalue weighted by atomic mass is 9.69. The minimum atomic E-state index is 0.0148. The first kappa shape index (κ1) is 35.8. The maximum absolute atomic E-state index is 2.70. The second-order valence-electron chi connectivity index (χ2n) is 16.4. The van der Waals surface area contributed by atoms with Gasteiger partial charge in [-0.15, -0.1) is 0 Å². The van der Waals surface area contributed by atoms with E-state index in [1.807, 2.05) is 0 Å². The predicted molar refractivity (Wildman–Crippen MR) is 210 cm³/mol. The Morgan fingerprint density at radius 2 is 0.830 bits per heavy atom. The third-order valence-electron chi connectivity index (χ3n) is 12.1. The van der Waals surface area contributed by atoms with Gasteiger partial charge in [0.2, 0.25) is 0 Å². The molecule has 2 nitrogen and oxygen atoms in total. The molecule has 0 spiro atoms. The van der Waals surface area contributed by atoms with Crippen molar-refractivity contribution in [1.82, 2.24) is 0 Å². The van der Waals surface area contributed by atoms with Crippen molar-refractivity contribution in [3.63, 3.8) is 0 Å². The van der Waals surface area contributed by atoms with Gasteiger partial charge in [0.25, 0.3) is 0 Å². The number of anilines is 2. The standard InChI is InChI=1S/C45H68N2/c1-11-15-17-19-21-23-25-45(26-24-22-20-18-16-12-2)39-29-41-35(33(5)31-43(7,8)46(41)13-3)27-37(39)38-28-36-34(6)32-44(9,10)47(14-4)42(36)30-40(38)45/h27-32H,11-26H2,1-10H3. The van der Waals surface area contributed by atoms with E-state index in [0.29, 0.717) is 0 Å². The van der Waals surface area contributed by atoms with E-state index < -0.39 is 0 Å². The van der Waals surface area contributed by atoms with Crippen molar-refractivity contribution in [2.45, 2.75) is 176 Å². The highest BCUT2D eigenvalue weighted by Gasteiger charge is 2.46. The molecule has 0 amide bonds. The summed E-state index contributed by atoms with van der Waals surface area (Å²) in [5.41, 5.74) is 15.0. The van der Waals surface area contributed by atoms with Gasteiger partial charge in [0, 0.05) is 41.0 Å². The second kappa shape index (κ2) is 14.6. The van der Waals surface area contributed by atoms with Gasteiger partial charge in [0.15, 0.2) is 0 Å². The largest absolute Gasteiger partial charge is 0.363 e. The SMILES string of the molecule is CCCCCCCCC1(CCCCCCCC)c2cc3c(cc2-c2cc4c(cc21)N(CC)C(C)(C)C=C4C)C(C)=CC(C)(C)N3CC. The number of nitrogens with zero attached hydrogens (tertiary/aromatic N) is 2. The zero-order valence-corrected chi connectivity index (χ0v) is 32.2. The molecule has 0 radical (unpaired) electrons. The van der Waals surface area contributed by atoms with E-state index in [4.69, 9.17) is 0 Å². The molecular weight excluding hydrogens is 569 g/mol. The number of fused-ring (bicyclic) bond motifs is 5. The first-order valence-corrected chi connectivity index (χ1v) is 19.8. The van der Waals surface area contributed by atoms with Crippen molar-refractivity contribution in [3.05, 3.63) is 58.7 Å². The van der Waals surface area contributed by atoms with Gasteiger partial charge in [-0.25, -0.2) is 0 Å². The summed E-state index contributed by atoms with van der Waals surface area (Å²) in [5, 5.41) is 0. The Bertz CT molecular complexity index is 1360. The first-order valence-electron chi connectivity index (χ1n) is 19.8. The van der Waals surface area contributed by atoms with Crippen molar-refractivity contribution < 1.29 is 0 Å². The number of unbranched alkanes of at least 4 members (excludes halogenated alkanes) is 10. The number of benzene rings is 2. The number of likely N-dealkylation sites (N-methyl/N-ethyl adjacent to an activating group) is 2. The van der Waals surface area contributed by atoms with Gasteiger partial charge in [0.1, 0.15) is 0 Å². The van der Waals surface area contributed by atoms with Crippen LogP contribution in [0.1, 0.15) is 181 Å². The van der Waals surface area contributed by atoms with E-state index in [-0.39, 0.29) is 16.5 Å². The highest BCUT2D eigenvalue weighted by Crippen LogP contribution is 2.59. The van der Waals surface area contributed by atoms with Crippen LogP contribution < -0.4 is 9.80 Å². The molecule has 47 heavy (non-hydrogen) atoms. The van der Waals surface area contributed by atoms with Crippen LogP contribution in [-0.2, 0) is 5.41 Å². The molecule has 5 rings (SSSR count). The molecule has 0 fully saturated rings. The molecule has 258 valence electrons. The van der Waals surface area contributed by atoms with Crippen LogP contribution in [0.5, 0.6) is 0 Å². The van der Waals surface area contributed by atoms with Gasteiger partial charge in [-0.3, -0.25) is 0 Å². The molecule has 0 bridgehead atoms. The molecule has 0 aromatic heterocycles. The average molecular weight is 637 g/mol. The van der Waals surface area contributed by atoms with E-state index in [0.717, 1.165) is 13.1 Å². The summed E-state index contributed by atoms with van der Waals surface area (Å²) in [6.45, 7) is 25.7. The topological polar surface area (TPSA) is 6.48 Å². The maximum Gasteiger partial charge on any atom is 0.0534 e. The van der Waals surface area contributed by atoms with Crippen molar-refractivity contribution in [2.24, 2.45) is 0 Å². The summed E-state index contributed by atoms with van der Waals surface area (Å²) < 4.78 is 0. The first-order chi connectivity index (χ1) is 22.5. The molecule has 0 atom stereocenters. The summed E-state index contributed by atoms with van der Waals surface area (Å²) in [7, 11) is 0. The fourth-order valence-corrected chi connectivity index (χ4v) is 9.86. The van der Waals surface area contributed by atoms with Gasteiger partial charge in [-0.05, 0) is 126 Å². The summed E-state index contributed by atoms with van der Waals surface area (Å²) in [4.78, 5) is 5.33. The van der Waals surface area contributed by atoms with Gasteiger partial charge >= 0.3 is 0 Å². The number of rotatable bonds is 16. The zero-order valence-electron chi connectivity index (χ0n) is 32.2. The van der Waals surface area contributed by atoms with E-state index in [1.54, 1.807) is 11.1 Å². The Hall–Kier alpha value is -2.48. The number of allylic oxidation sites excluding steroid dienone is 2. The molecule has 2 heterocycles. The van der Waals surface area contributed by atoms with Crippen LogP contribution in [0.25, 0.3) is 22.3 Å². The smallest absolute Gasteiger partial charge is 0.0534 e. The molecule has 0 N–H and O–H groups in total. The Balaban J connectivity index is 1.70. The van der Waals surface area contributed by atoms with Gasteiger partial charge in [0.05, 0.1) is 11.1 Å². The highest BCUT2D eigenvalue weighted by molar-refractivity contribution is 5.94. The molecule has 0 saturated carbocycles. The number of hydrogen-bond acceptors (Lipinski definition) is 2. The summed E-state index contributed by atoms with van der Waals surface area (Å²) in [6, 6.07) is 10.6. The van der Waals surface area contributed by atoms with Crippen LogP contribution in [0.4, 0.5) is 11.4 Å². The minimum absolute atomic E-state index is 0.0148. The van der Waals surface area contributed by atoms with Crippen LogP contribution in [0.3, 0.4) is 0 Å². The lowest BCUT2D eigenvalue weighted by molar-refractivity contribution is 0.397. The van der Waals surface area contributed by atoms with E-state index in [2.05, 4.69) is 115 Å². The zero-order chi connectivity index (χ0) is 34.0. The molecule has 1 aliphatic carbocycles. The van der Waals surface area contributed by atoms with Gasteiger partial charge in [-0.2, -0.15) is 0 Å². The van der Waals surface area contributed by atoms with Crippen molar-refractivity contribution >= 4 is 22.5 Å². The quantitative estimate of drug-likeness (QED) is 0.169. The predicted octanol–water partition coefficient (Wildman–Crippen LogP) is 13.5. The minimum Gasteiger partial charge on any atom is -0.363 e. The Kier molecular flexibility index (Phi) is 11.1. The monoisotopic (exact) mass is 637 g/mol. The van der Waals surface area contributed by atoms with Gasteiger partial charge < -0.3 is 9.80 Å². The molecule has 2 aliphatic heterocycles. The third-order valence-corrected chi connectivity index (χ3v) is 12.1. The maximum atomic E-state index is 2.70. The van der Waals surface area contributed by atoms with Crippen LogP contribution >= 0.6 is 0 Å². The fourth-order valence-electron chi connectivity index (χ4n) is 9.86. The van der Waals surface area contributed by atoms with Crippen molar-refractivity contribution in [2.75, 3.05) is 22.9 Å². The van der Waals surface area contributed by atoms with Crippen LogP contribution in [-0.4, -0.2) is 24.2 Å². The lowest BCUT2D eigenvalue weighted by Crippen LogP contribution is -2.45. The van der Waals surface area contributed by atoms with E-state index in [1.165, 1.54) is 135 Å². The molecule has 2 aromatic carbocycles.